The standard InChI is InChI=1S/C17H18BrClN2/c18-15-10-13(7-8-16(15)19)21-17(11-20)9-3-5-12-4-1-2-6-14(12)17/h1-2,4,6-8,10,21H,3,5,9,11,20H2. The molecule has 1 unspecified atom stereocenters. The summed E-state index contributed by atoms with van der Waals surface area (Å²) in [7, 11) is 0. The van der Waals surface area contributed by atoms with Crippen molar-refractivity contribution in [2.45, 2.75) is 24.8 Å². The molecule has 1 atom stereocenters. The molecule has 2 aromatic rings. The maximum absolute atomic E-state index is 6.17. The predicted molar refractivity (Wildman–Crippen MR) is 92.9 cm³/mol. The number of rotatable bonds is 3. The average Bonchev–Trinajstić information content (AvgIpc) is 2.51. The lowest BCUT2D eigenvalue weighted by atomic mass is 9.76. The van der Waals surface area contributed by atoms with E-state index in [1.54, 1.807) is 0 Å². The molecule has 3 rings (SSSR count). The van der Waals surface area contributed by atoms with Gasteiger partial charge < -0.3 is 11.1 Å². The molecule has 2 aromatic carbocycles. The van der Waals surface area contributed by atoms with E-state index >= 15 is 0 Å². The third kappa shape index (κ3) is 2.83. The zero-order valence-electron chi connectivity index (χ0n) is 11.7. The van der Waals surface area contributed by atoms with E-state index in [9.17, 15) is 0 Å². The summed E-state index contributed by atoms with van der Waals surface area (Å²) in [6, 6.07) is 14.5. The number of anilines is 1. The smallest absolute Gasteiger partial charge is 0.0750 e. The maximum Gasteiger partial charge on any atom is 0.0750 e. The zero-order valence-corrected chi connectivity index (χ0v) is 14.0. The average molecular weight is 366 g/mol. The molecule has 1 aliphatic carbocycles. The molecule has 0 aliphatic heterocycles. The minimum Gasteiger partial charge on any atom is -0.374 e. The number of nitrogens with two attached hydrogens (primary N) is 1. The quantitative estimate of drug-likeness (QED) is 0.827. The molecular formula is C17H18BrClN2. The maximum atomic E-state index is 6.17. The van der Waals surface area contributed by atoms with E-state index in [-0.39, 0.29) is 5.54 Å². The van der Waals surface area contributed by atoms with Crippen LogP contribution in [-0.2, 0) is 12.0 Å². The highest BCUT2D eigenvalue weighted by molar-refractivity contribution is 9.10. The summed E-state index contributed by atoms with van der Waals surface area (Å²) in [6.45, 7) is 0.574. The fourth-order valence-corrected chi connectivity index (χ4v) is 3.66. The van der Waals surface area contributed by atoms with Crippen LogP contribution < -0.4 is 11.1 Å². The van der Waals surface area contributed by atoms with E-state index in [0.29, 0.717) is 11.6 Å². The highest BCUT2D eigenvalue weighted by Crippen LogP contribution is 2.38. The van der Waals surface area contributed by atoms with E-state index in [0.717, 1.165) is 29.4 Å². The fraction of sp³-hybridized carbons (Fsp3) is 0.294. The van der Waals surface area contributed by atoms with Crippen LogP contribution in [0.1, 0.15) is 24.0 Å². The second-order valence-corrected chi connectivity index (χ2v) is 6.81. The van der Waals surface area contributed by atoms with Gasteiger partial charge in [-0.05, 0) is 64.5 Å². The lowest BCUT2D eigenvalue weighted by Crippen LogP contribution is -2.45. The molecule has 0 spiro atoms. The first kappa shape index (κ1) is 14.9. The van der Waals surface area contributed by atoms with Gasteiger partial charge in [0.2, 0.25) is 0 Å². The molecule has 0 heterocycles. The molecule has 0 aromatic heterocycles. The van der Waals surface area contributed by atoms with Gasteiger partial charge in [-0.1, -0.05) is 35.9 Å². The Labute approximate surface area is 138 Å². The molecule has 3 N–H and O–H groups in total. The molecule has 2 nitrogen and oxygen atoms in total. The number of halogens is 2. The van der Waals surface area contributed by atoms with Gasteiger partial charge in [-0.3, -0.25) is 0 Å². The summed E-state index contributed by atoms with van der Waals surface area (Å²) in [5.74, 6) is 0. The highest BCUT2D eigenvalue weighted by Gasteiger charge is 2.35. The highest BCUT2D eigenvalue weighted by atomic mass is 79.9. The van der Waals surface area contributed by atoms with Crippen molar-refractivity contribution in [3.05, 3.63) is 63.1 Å². The largest absolute Gasteiger partial charge is 0.374 e. The van der Waals surface area contributed by atoms with Crippen LogP contribution in [0.15, 0.2) is 46.9 Å². The number of hydrogen-bond donors (Lipinski definition) is 2. The Hall–Kier alpha value is -1.03. The van der Waals surface area contributed by atoms with Crippen molar-refractivity contribution in [1.29, 1.82) is 0 Å². The van der Waals surface area contributed by atoms with Crippen molar-refractivity contribution in [3.63, 3.8) is 0 Å². The van der Waals surface area contributed by atoms with Crippen molar-refractivity contribution in [2.75, 3.05) is 11.9 Å². The van der Waals surface area contributed by atoms with Gasteiger partial charge in [0.1, 0.15) is 0 Å². The molecule has 0 bridgehead atoms. The Morgan fingerprint density at radius 3 is 2.81 bits per heavy atom. The van der Waals surface area contributed by atoms with Gasteiger partial charge in [0.15, 0.2) is 0 Å². The SMILES string of the molecule is NCC1(Nc2ccc(Cl)c(Br)c2)CCCc2ccccc21. The molecule has 21 heavy (non-hydrogen) atoms. The molecule has 0 radical (unpaired) electrons. The third-order valence-corrected chi connectivity index (χ3v) is 5.45. The van der Waals surface area contributed by atoms with Gasteiger partial charge in [-0.2, -0.15) is 0 Å². The molecular weight excluding hydrogens is 348 g/mol. The molecule has 1 aliphatic rings. The lowest BCUT2D eigenvalue weighted by Gasteiger charge is -2.40. The number of nitrogens with one attached hydrogen (secondary N) is 1. The number of fused-ring (bicyclic) bond motifs is 1. The van der Waals surface area contributed by atoms with Crippen molar-refractivity contribution in [1.82, 2.24) is 0 Å². The zero-order chi connectivity index (χ0) is 14.9. The second-order valence-electron chi connectivity index (χ2n) is 5.55. The van der Waals surface area contributed by atoms with Crippen LogP contribution in [0.4, 0.5) is 5.69 Å². The van der Waals surface area contributed by atoms with E-state index in [1.807, 2.05) is 18.2 Å². The van der Waals surface area contributed by atoms with Gasteiger partial charge in [0.05, 0.1) is 10.6 Å². The Morgan fingerprint density at radius 1 is 1.24 bits per heavy atom. The molecule has 0 fully saturated rings. The minimum absolute atomic E-state index is 0.192. The van der Waals surface area contributed by atoms with E-state index in [2.05, 4.69) is 45.5 Å². The Bertz CT molecular complexity index is 659. The summed E-state index contributed by atoms with van der Waals surface area (Å²) in [5, 5.41) is 4.37. The number of benzene rings is 2. The van der Waals surface area contributed by atoms with Crippen molar-refractivity contribution in [3.8, 4) is 0 Å². The minimum atomic E-state index is -0.192. The van der Waals surface area contributed by atoms with Crippen LogP contribution in [0.5, 0.6) is 0 Å². The lowest BCUT2D eigenvalue weighted by molar-refractivity contribution is 0.417. The van der Waals surface area contributed by atoms with Gasteiger partial charge in [-0.15, -0.1) is 0 Å². The van der Waals surface area contributed by atoms with Gasteiger partial charge in [-0.25, -0.2) is 0 Å². The van der Waals surface area contributed by atoms with Crippen LogP contribution in [0.25, 0.3) is 0 Å². The second kappa shape index (κ2) is 5.99. The number of aryl methyl sites for hydroxylation is 1. The molecule has 0 saturated heterocycles. The molecule has 0 saturated carbocycles. The third-order valence-electron chi connectivity index (χ3n) is 4.23. The van der Waals surface area contributed by atoms with Crippen LogP contribution >= 0.6 is 27.5 Å². The van der Waals surface area contributed by atoms with E-state index in [4.69, 9.17) is 17.3 Å². The predicted octanol–water partition coefficient (Wildman–Crippen LogP) is 4.70. The van der Waals surface area contributed by atoms with Crippen molar-refractivity contribution < 1.29 is 0 Å². The van der Waals surface area contributed by atoms with Gasteiger partial charge in [0.25, 0.3) is 0 Å². The summed E-state index contributed by atoms with van der Waals surface area (Å²) in [4.78, 5) is 0. The van der Waals surface area contributed by atoms with Crippen LogP contribution in [0.2, 0.25) is 5.02 Å². The first-order valence-corrected chi connectivity index (χ1v) is 8.33. The van der Waals surface area contributed by atoms with Crippen LogP contribution in [-0.4, -0.2) is 6.54 Å². The normalized spacial score (nSPS) is 20.9. The van der Waals surface area contributed by atoms with Crippen LogP contribution in [0, 0.1) is 0 Å². The fourth-order valence-electron chi connectivity index (χ4n) is 3.16. The van der Waals surface area contributed by atoms with Crippen LogP contribution in [0.3, 0.4) is 0 Å². The monoisotopic (exact) mass is 364 g/mol. The van der Waals surface area contributed by atoms with E-state index < -0.39 is 0 Å². The first-order chi connectivity index (χ1) is 10.1. The van der Waals surface area contributed by atoms with Crippen molar-refractivity contribution in [2.24, 2.45) is 5.73 Å². The summed E-state index contributed by atoms with van der Waals surface area (Å²) < 4.78 is 0.894. The summed E-state index contributed by atoms with van der Waals surface area (Å²) in [6.07, 6.45) is 3.32. The molecule has 110 valence electrons. The Kier molecular flexibility index (Phi) is 4.25. The van der Waals surface area contributed by atoms with Crippen molar-refractivity contribution >= 4 is 33.2 Å². The number of hydrogen-bond acceptors (Lipinski definition) is 2. The molecule has 0 amide bonds. The van der Waals surface area contributed by atoms with E-state index in [1.165, 1.54) is 11.1 Å². The summed E-state index contributed by atoms with van der Waals surface area (Å²) in [5.41, 5.74) is 9.73. The summed E-state index contributed by atoms with van der Waals surface area (Å²) >= 11 is 9.55. The molecule has 4 heteroatoms. The Morgan fingerprint density at radius 2 is 2.05 bits per heavy atom. The van der Waals surface area contributed by atoms with Gasteiger partial charge >= 0.3 is 0 Å². The topological polar surface area (TPSA) is 38.0 Å². The first-order valence-electron chi connectivity index (χ1n) is 7.16. The Balaban J connectivity index is 2.00. The van der Waals surface area contributed by atoms with Gasteiger partial charge in [0, 0.05) is 16.7 Å².